The van der Waals surface area contributed by atoms with Gasteiger partial charge in [0.2, 0.25) is 24.1 Å². The number of sulfone groups is 2. The van der Waals surface area contributed by atoms with Gasteiger partial charge in [0.25, 0.3) is 0 Å². The van der Waals surface area contributed by atoms with Crippen LogP contribution >= 0.6 is 0 Å². The maximum atomic E-state index is 12.4. The molecular weight excluding hydrogens is 298 g/mol. The van der Waals surface area contributed by atoms with Crippen LogP contribution < -0.4 is 0 Å². The third-order valence-corrected chi connectivity index (χ3v) is 9.62. The molecule has 0 unspecified atom stereocenters. The van der Waals surface area contributed by atoms with E-state index in [0.29, 0.717) is 25.7 Å². The second-order valence-corrected chi connectivity index (χ2v) is 10.5. The predicted octanol–water partition coefficient (Wildman–Crippen LogP) is 2.42. The van der Waals surface area contributed by atoms with Gasteiger partial charge in [-0.25, -0.2) is 16.8 Å². The molecule has 20 heavy (non-hydrogen) atoms. The van der Waals surface area contributed by atoms with Gasteiger partial charge in [0.1, 0.15) is 0 Å². The first kappa shape index (κ1) is 15.9. The fourth-order valence-corrected chi connectivity index (χ4v) is 7.84. The second kappa shape index (κ2) is 6.13. The molecule has 0 spiro atoms. The first-order valence-corrected chi connectivity index (χ1v) is 10.5. The van der Waals surface area contributed by atoms with Crippen LogP contribution in [0.2, 0.25) is 0 Å². The van der Waals surface area contributed by atoms with Crippen LogP contribution in [0.4, 0.5) is 0 Å². The summed E-state index contributed by atoms with van der Waals surface area (Å²) >= 11 is 0. The zero-order valence-electron chi connectivity index (χ0n) is 11.7. The highest BCUT2D eigenvalue weighted by molar-refractivity contribution is 8.31. The largest absolute Gasteiger partial charge is 0.279 e. The average molecular weight is 321 g/mol. The molecule has 0 radical (unpaired) electrons. The third-order valence-electron chi connectivity index (χ3n) is 4.50. The lowest BCUT2D eigenvalue weighted by Gasteiger charge is -2.25. The van der Waals surface area contributed by atoms with E-state index in [1.165, 1.54) is 0 Å². The molecule has 0 aromatic carbocycles. The van der Waals surface area contributed by atoms with Gasteiger partial charge >= 0.3 is 0 Å². The molecule has 0 aromatic rings. The van der Waals surface area contributed by atoms with Gasteiger partial charge in [0, 0.05) is 0 Å². The fourth-order valence-electron chi connectivity index (χ4n) is 3.22. The van der Waals surface area contributed by atoms with Crippen LogP contribution in [0.3, 0.4) is 0 Å². The minimum Gasteiger partial charge on any atom is -0.279 e. The molecule has 0 aliphatic heterocycles. The van der Waals surface area contributed by atoms with E-state index in [4.69, 9.17) is 5.41 Å². The lowest BCUT2D eigenvalue weighted by atomic mass is 10.0. The van der Waals surface area contributed by atoms with E-state index in [2.05, 4.69) is 0 Å². The van der Waals surface area contributed by atoms with Gasteiger partial charge in [-0.2, -0.15) is 0 Å². The molecule has 1 N–H and O–H groups in total. The summed E-state index contributed by atoms with van der Waals surface area (Å²) in [5.74, 6) is 0. The summed E-state index contributed by atoms with van der Waals surface area (Å²) in [6.07, 6.45) is 7.18. The first-order chi connectivity index (χ1) is 9.37. The van der Waals surface area contributed by atoms with Crippen molar-refractivity contribution in [1.82, 2.24) is 0 Å². The molecule has 2 fully saturated rings. The summed E-state index contributed by atoms with van der Waals surface area (Å²) in [7, 11) is -7.95. The van der Waals surface area contributed by atoms with Gasteiger partial charge in [-0.3, -0.25) is 5.41 Å². The van der Waals surface area contributed by atoms with Crippen molar-refractivity contribution in [2.45, 2.75) is 74.7 Å². The van der Waals surface area contributed by atoms with Crippen LogP contribution in [0.25, 0.3) is 0 Å². The predicted molar refractivity (Wildman–Crippen MR) is 79.3 cm³/mol. The second-order valence-electron chi connectivity index (χ2n) is 5.90. The highest BCUT2D eigenvalue weighted by atomic mass is 32.3. The lowest BCUT2D eigenvalue weighted by Crippen LogP contribution is -2.39. The monoisotopic (exact) mass is 321 g/mol. The molecular formula is C13H23NO4S2. The molecule has 7 heteroatoms. The van der Waals surface area contributed by atoms with Crippen LogP contribution in [-0.4, -0.2) is 31.7 Å². The Morgan fingerprint density at radius 2 is 0.950 bits per heavy atom. The smallest absolute Gasteiger partial charge is 0.240 e. The summed E-state index contributed by atoms with van der Waals surface area (Å²) in [5.41, 5.74) is 0. The van der Waals surface area contributed by atoms with Crippen LogP contribution in [0.1, 0.15) is 64.2 Å². The van der Waals surface area contributed by atoms with E-state index in [1.807, 2.05) is 0 Å². The fraction of sp³-hybridized carbons (Fsp3) is 0.923. The van der Waals surface area contributed by atoms with Crippen molar-refractivity contribution in [3.05, 3.63) is 0 Å². The molecule has 2 aliphatic rings. The Labute approximate surface area is 121 Å². The highest BCUT2D eigenvalue weighted by Gasteiger charge is 2.42. The Balaban J connectivity index is 2.20. The van der Waals surface area contributed by atoms with Crippen LogP contribution in [0, 0.1) is 5.41 Å². The van der Waals surface area contributed by atoms with Gasteiger partial charge in [0.15, 0.2) is 0 Å². The van der Waals surface area contributed by atoms with Crippen molar-refractivity contribution in [3.63, 3.8) is 0 Å². The minimum absolute atomic E-state index is 0.491. The number of rotatable bonds is 2. The van der Waals surface area contributed by atoms with E-state index < -0.39 is 34.6 Å². The van der Waals surface area contributed by atoms with Crippen molar-refractivity contribution in [2.24, 2.45) is 0 Å². The molecule has 5 nitrogen and oxygen atoms in total. The summed E-state index contributed by atoms with van der Waals surface area (Å²) < 4.78 is 48.5. The molecule has 0 bridgehead atoms. The molecule has 2 aliphatic carbocycles. The number of hydrogen-bond donors (Lipinski definition) is 1. The topological polar surface area (TPSA) is 92.1 Å². The van der Waals surface area contributed by atoms with E-state index in [9.17, 15) is 16.8 Å². The minimum atomic E-state index is -3.97. The molecule has 0 heterocycles. The lowest BCUT2D eigenvalue weighted by molar-refractivity contribution is 0.486. The Morgan fingerprint density at radius 3 is 1.25 bits per heavy atom. The summed E-state index contributed by atoms with van der Waals surface area (Å²) in [6.45, 7) is 0. The molecule has 0 aromatic heterocycles. The quantitative estimate of drug-likeness (QED) is 0.624. The van der Waals surface area contributed by atoms with E-state index in [0.717, 1.165) is 38.5 Å². The first-order valence-electron chi connectivity index (χ1n) is 7.43. The molecule has 0 atom stereocenters. The van der Waals surface area contributed by atoms with Gasteiger partial charge in [-0.05, 0) is 25.7 Å². The molecule has 2 rings (SSSR count). The zero-order chi connectivity index (χ0) is 14.8. The molecule has 0 amide bonds. The average Bonchev–Trinajstić information content (AvgIpc) is 2.48. The van der Waals surface area contributed by atoms with Gasteiger partial charge in [-0.1, -0.05) is 38.5 Å². The Bertz CT molecular complexity index is 503. The zero-order valence-corrected chi connectivity index (χ0v) is 13.3. The normalized spacial score (nSPS) is 23.6. The van der Waals surface area contributed by atoms with Crippen molar-refractivity contribution >= 4 is 24.1 Å². The summed E-state index contributed by atoms with van der Waals surface area (Å²) in [6, 6.07) is 0. The van der Waals surface area contributed by atoms with Crippen molar-refractivity contribution in [3.8, 4) is 0 Å². The van der Waals surface area contributed by atoms with Crippen molar-refractivity contribution in [2.75, 3.05) is 0 Å². The maximum Gasteiger partial charge on any atom is 0.240 e. The number of nitrogens with one attached hydrogen (secondary N) is 1. The molecule has 2 saturated carbocycles. The molecule has 0 saturated heterocycles. The van der Waals surface area contributed by atoms with Gasteiger partial charge in [-0.15, -0.1) is 0 Å². The van der Waals surface area contributed by atoms with Gasteiger partial charge in [0.05, 0.1) is 10.5 Å². The van der Waals surface area contributed by atoms with E-state index >= 15 is 0 Å². The maximum absolute atomic E-state index is 12.4. The standard InChI is InChI=1S/C13H23NO4S2/c14-13(19(15,16)11-7-3-1-4-8-11)20(17,18)12-9-5-2-6-10-12/h11-12,14H,1-10H2. The van der Waals surface area contributed by atoms with E-state index in [1.54, 1.807) is 0 Å². The summed E-state index contributed by atoms with van der Waals surface area (Å²) in [4.78, 5) is 0. The third kappa shape index (κ3) is 3.08. The van der Waals surface area contributed by atoms with E-state index in [-0.39, 0.29) is 0 Å². The summed E-state index contributed by atoms with van der Waals surface area (Å²) in [5, 5.41) is 6.46. The number of hydrogen-bond acceptors (Lipinski definition) is 5. The van der Waals surface area contributed by atoms with Gasteiger partial charge < -0.3 is 0 Å². The van der Waals surface area contributed by atoms with Crippen LogP contribution in [-0.2, 0) is 19.7 Å². The SMILES string of the molecule is N=C(S(=O)(=O)C1CCCCC1)S(=O)(=O)C1CCCCC1. The van der Waals surface area contributed by atoms with Crippen molar-refractivity contribution in [1.29, 1.82) is 5.41 Å². The van der Waals surface area contributed by atoms with Crippen LogP contribution in [0.5, 0.6) is 0 Å². The Kier molecular flexibility index (Phi) is 4.89. The van der Waals surface area contributed by atoms with Crippen LogP contribution in [0.15, 0.2) is 0 Å². The Morgan fingerprint density at radius 1 is 0.650 bits per heavy atom. The van der Waals surface area contributed by atoms with Crippen molar-refractivity contribution < 1.29 is 16.8 Å². The highest BCUT2D eigenvalue weighted by Crippen LogP contribution is 2.30. The molecule has 116 valence electrons. The Hall–Kier alpha value is -0.430.